The van der Waals surface area contributed by atoms with Crippen LogP contribution in [-0.4, -0.2) is 5.21 Å². The van der Waals surface area contributed by atoms with E-state index in [1.54, 1.807) is 13.0 Å². The lowest BCUT2D eigenvalue weighted by Gasteiger charge is -1.95. The number of halogens is 1. The SMILES string of the molecule is C/C(=C\c1sccc1Cl)NO. The zero-order valence-corrected chi connectivity index (χ0v) is 7.54. The van der Waals surface area contributed by atoms with E-state index in [9.17, 15) is 0 Å². The molecular weight excluding hydrogens is 182 g/mol. The molecule has 0 spiro atoms. The molecule has 0 aliphatic carbocycles. The Kier molecular flexibility index (Phi) is 2.93. The zero-order valence-electron chi connectivity index (χ0n) is 5.97. The smallest absolute Gasteiger partial charge is 0.0586 e. The molecule has 2 nitrogen and oxygen atoms in total. The maximum absolute atomic E-state index is 8.47. The monoisotopic (exact) mass is 189 g/mol. The van der Waals surface area contributed by atoms with Gasteiger partial charge >= 0.3 is 0 Å². The summed E-state index contributed by atoms with van der Waals surface area (Å²) in [6, 6.07) is 1.82. The molecule has 0 amide bonds. The Bertz CT molecular complexity index is 269. The lowest BCUT2D eigenvalue weighted by Crippen LogP contribution is -2.01. The fourth-order valence-corrected chi connectivity index (χ4v) is 1.74. The highest BCUT2D eigenvalue weighted by Crippen LogP contribution is 2.23. The molecule has 1 aromatic rings. The second-order valence-electron chi connectivity index (χ2n) is 2.07. The fraction of sp³-hybridized carbons (Fsp3) is 0.143. The Balaban J connectivity index is 2.86. The van der Waals surface area contributed by atoms with Gasteiger partial charge in [-0.05, 0) is 24.4 Å². The minimum atomic E-state index is 0.675. The average Bonchev–Trinajstić information content (AvgIpc) is 2.37. The lowest BCUT2D eigenvalue weighted by atomic mass is 10.4. The van der Waals surface area contributed by atoms with E-state index in [1.165, 1.54) is 11.3 Å². The molecule has 0 aliphatic rings. The summed E-state index contributed by atoms with van der Waals surface area (Å²) in [6.45, 7) is 1.76. The van der Waals surface area contributed by atoms with Gasteiger partial charge in [-0.3, -0.25) is 10.7 Å². The highest BCUT2D eigenvalue weighted by molar-refractivity contribution is 7.11. The third-order valence-electron chi connectivity index (χ3n) is 1.17. The van der Waals surface area contributed by atoms with E-state index in [4.69, 9.17) is 16.8 Å². The largest absolute Gasteiger partial charge is 0.291 e. The molecule has 0 unspecified atom stereocenters. The van der Waals surface area contributed by atoms with Crippen LogP contribution in [0.4, 0.5) is 0 Å². The molecule has 1 heterocycles. The summed E-state index contributed by atoms with van der Waals surface area (Å²) in [4.78, 5) is 0.950. The first-order valence-electron chi connectivity index (χ1n) is 3.05. The van der Waals surface area contributed by atoms with Crippen molar-refractivity contribution in [1.82, 2.24) is 5.48 Å². The predicted octanol–water partition coefficient (Wildman–Crippen LogP) is 2.74. The van der Waals surface area contributed by atoms with Crippen LogP contribution in [0.15, 0.2) is 17.1 Å². The average molecular weight is 190 g/mol. The number of nitrogens with one attached hydrogen (secondary N) is 1. The lowest BCUT2D eigenvalue weighted by molar-refractivity contribution is 0.202. The van der Waals surface area contributed by atoms with Gasteiger partial charge in [0.05, 0.1) is 5.02 Å². The Hall–Kier alpha value is -0.510. The molecule has 1 aromatic heterocycles. The van der Waals surface area contributed by atoms with Crippen molar-refractivity contribution in [1.29, 1.82) is 0 Å². The Labute approximate surface area is 74.1 Å². The van der Waals surface area contributed by atoms with E-state index < -0.39 is 0 Å². The molecule has 60 valence electrons. The van der Waals surface area contributed by atoms with Gasteiger partial charge < -0.3 is 0 Å². The molecule has 1 rings (SSSR count). The van der Waals surface area contributed by atoms with Crippen molar-refractivity contribution >= 4 is 29.0 Å². The van der Waals surface area contributed by atoms with Gasteiger partial charge in [-0.2, -0.15) is 0 Å². The van der Waals surface area contributed by atoms with Crippen LogP contribution in [0.5, 0.6) is 0 Å². The predicted molar refractivity (Wildman–Crippen MR) is 47.9 cm³/mol. The van der Waals surface area contributed by atoms with Gasteiger partial charge in [-0.15, -0.1) is 11.3 Å². The summed E-state index contributed by atoms with van der Waals surface area (Å²) in [5.74, 6) is 0. The first-order chi connectivity index (χ1) is 5.24. The number of allylic oxidation sites excluding steroid dienone is 1. The van der Waals surface area contributed by atoms with Crippen molar-refractivity contribution in [2.45, 2.75) is 6.92 Å². The topological polar surface area (TPSA) is 32.3 Å². The van der Waals surface area contributed by atoms with Gasteiger partial charge in [0.1, 0.15) is 0 Å². The molecule has 0 aliphatic heterocycles. The van der Waals surface area contributed by atoms with Crippen molar-refractivity contribution < 1.29 is 5.21 Å². The Morgan fingerprint density at radius 1 is 1.82 bits per heavy atom. The van der Waals surface area contributed by atoms with Gasteiger partial charge in [0.15, 0.2) is 0 Å². The number of hydroxylamine groups is 1. The van der Waals surface area contributed by atoms with E-state index >= 15 is 0 Å². The van der Waals surface area contributed by atoms with E-state index in [2.05, 4.69) is 0 Å². The second kappa shape index (κ2) is 3.76. The molecule has 0 saturated heterocycles. The first kappa shape index (κ1) is 8.59. The maximum Gasteiger partial charge on any atom is 0.0586 e. The maximum atomic E-state index is 8.47. The summed E-state index contributed by atoms with van der Waals surface area (Å²) in [7, 11) is 0. The molecule has 2 N–H and O–H groups in total. The molecule has 0 aromatic carbocycles. The molecule has 11 heavy (non-hydrogen) atoms. The Morgan fingerprint density at radius 3 is 3.00 bits per heavy atom. The summed E-state index contributed by atoms with van der Waals surface area (Å²) in [5, 5.41) is 11.1. The van der Waals surface area contributed by atoms with E-state index in [-0.39, 0.29) is 0 Å². The second-order valence-corrected chi connectivity index (χ2v) is 3.43. The third-order valence-corrected chi connectivity index (χ3v) is 2.47. The van der Waals surface area contributed by atoms with Crippen molar-refractivity contribution in [3.05, 3.63) is 27.0 Å². The number of rotatable bonds is 2. The van der Waals surface area contributed by atoms with E-state index in [0.717, 1.165) is 4.88 Å². The molecular formula is C7H8ClNOS. The number of thiophene rings is 1. The van der Waals surface area contributed by atoms with Crippen molar-refractivity contribution in [2.24, 2.45) is 0 Å². The molecule has 0 radical (unpaired) electrons. The normalized spacial score (nSPS) is 11.7. The summed E-state index contributed by atoms with van der Waals surface area (Å²) in [6.07, 6.45) is 1.78. The quantitative estimate of drug-likeness (QED) is 0.702. The van der Waals surface area contributed by atoms with Gasteiger partial charge in [0.2, 0.25) is 0 Å². The molecule has 4 heteroatoms. The van der Waals surface area contributed by atoms with Crippen LogP contribution in [0.3, 0.4) is 0 Å². The van der Waals surface area contributed by atoms with Gasteiger partial charge in [0.25, 0.3) is 0 Å². The summed E-state index contributed by atoms with van der Waals surface area (Å²) >= 11 is 7.33. The van der Waals surface area contributed by atoms with Crippen LogP contribution >= 0.6 is 22.9 Å². The molecule has 0 bridgehead atoms. The first-order valence-corrected chi connectivity index (χ1v) is 4.31. The standard InChI is InChI=1S/C7H8ClNOS/c1-5(9-10)4-7-6(8)2-3-11-7/h2-4,9-10H,1H3/b5-4+. The van der Waals surface area contributed by atoms with Gasteiger partial charge in [-0.25, -0.2) is 0 Å². The minimum absolute atomic E-state index is 0.675. The van der Waals surface area contributed by atoms with Crippen LogP contribution in [0.1, 0.15) is 11.8 Å². The van der Waals surface area contributed by atoms with Crippen LogP contribution in [0.2, 0.25) is 5.02 Å². The number of hydrogen-bond acceptors (Lipinski definition) is 3. The highest BCUT2D eigenvalue weighted by atomic mass is 35.5. The Morgan fingerprint density at radius 2 is 2.55 bits per heavy atom. The highest BCUT2D eigenvalue weighted by Gasteiger charge is 1.97. The summed E-state index contributed by atoms with van der Waals surface area (Å²) in [5.41, 5.74) is 2.71. The third kappa shape index (κ3) is 2.22. The van der Waals surface area contributed by atoms with Gasteiger partial charge in [-0.1, -0.05) is 11.6 Å². The molecule has 0 fully saturated rings. The fourth-order valence-electron chi connectivity index (χ4n) is 0.637. The van der Waals surface area contributed by atoms with Crippen molar-refractivity contribution in [3.63, 3.8) is 0 Å². The van der Waals surface area contributed by atoms with Crippen LogP contribution < -0.4 is 5.48 Å². The van der Waals surface area contributed by atoms with Gasteiger partial charge in [0, 0.05) is 10.6 Å². The zero-order chi connectivity index (χ0) is 8.27. The molecule has 0 atom stereocenters. The van der Waals surface area contributed by atoms with E-state index in [1.807, 2.05) is 16.9 Å². The van der Waals surface area contributed by atoms with Crippen LogP contribution in [0, 0.1) is 0 Å². The molecule has 0 saturated carbocycles. The van der Waals surface area contributed by atoms with Crippen molar-refractivity contribution in [3.8, 4) is 0 Å². The van der Waals surface area contributed by atoms with E-state index in [0.29, 0.717) is 10.7 Å². The number of hydrogen-bond donors (Lipinski definition) is 2. The van der Waals surface area contributed by atoms with Crippen molar-refractivity contribution in [2.75, 3.05) is 0 Å². The summed E-state index contributed by atoms with van der Waals surface area (Å²) < 4.78 is 0. The minimum Gasteiger partial charge on any atom is -0.291 e. The van der Waals surface area contributed by atoms with Crippen LogP contribution in [0.25, 0.3) is 6.08 Å². The van der Waals surface area contributed by atoms with Crippen LogP contribution in [-0.2, 0) is 0 Å².